The fourth-order valence-electron chi connectivity index (χ4n) is 2.33. The molecule has 0 unspecified atom stereocenters. The van der Waals surface area contributed by atoms with Crippen molar-refractivity contribution in [2.45, 2.75) is 18.9 Å². The molecule has 1 aromatic rings. The van der Waals surface area contributed by atoms with Crippen molar-refractivity contribution in [3.63, 3.8) is 0 Å². The average Bonchev–Trinajstić information content (AvgIpc) is 2.98. The number of nitrogens with one attached hydrogen (secondary N) is 1. The van der Waals surface area contributed by atoms with Gasteiger partial charge in [-0.05, 0) is 24.6 Å². The van der Waals surface area contributed by atoms with Crippen LogP contribution in [0.2, 0.25) is 5.02 Å². The third kappa shape index (κ3) is 3.80. The zero-order valence-electron chi connectivity index (χ0n) is 12.5. The number of aliphatic hydroxyl groups is 1. The van der Waals surface area contributed by atoms with Crippen molar-refractivity contribution in [1.29, 1.82) is 0 Å². The summed E-state index contributed by atoms with van der Waals surface area (Å²) >= 11 is 6.11. The predicted octanol–water partition coefficient (Wildman–Crippen LogP) is 0.730. The molecule has 8 heteroatoms. The van der Waals surface area contributed by atoms with Crippen LogP contribution in [0.25, 0.3) is 0 Å². The van der Waals surface area contributed by atoms with Crippen molar-refractivity contribution in [2.24, 2.45) is 0 Å². The zero-order valence-corrected chi connectivity index (χ0v) is 13.3. The largest absolute Gasteiger partial charge is 0.467 e. The first-order chi connectivity index (χ1) is 11.0. The lowest BCUT2D eigenvalue weighted by Gasteiger charge is -2.19. The Morgan fingerprint density at radius 1 is 1.48 bits per heavy atom. The van der Waals surface area contributed by atoms with Crippen molar-refractivity contribution >= 4 is 35.1 Å². The highest BCUT2D eigenvalue weighted by Crippen LogP contribution is 2.30. The van der Waals surface area contributed by atoms with E-state index in [0.29, 0.717) is 23.7 Å². The lowest BCUT2D eigenvalue weighted by atomic mass is 10.1. The fourth-order valence-corrected chi connectivity index (χ4v) is 2.55. The number of rotatable bonds is 5. The van der Waals surface area contributed by atoms with Crippen molar-refractivity contribution in [1.82, 2.24) is 5.32 Å². The van der Waals surface area contributed by atoms with Gasteiger partial charge in [0.1, 0.15) is 0 Å². The molecular formula is C15H17ClN2O5. The number of carbonyl (C=O) groups excluding carboxylic acids is 3. The number of carbonyl (C=O) groups is 3. The molecule has 124 valence electrons. The van der Waals surface area contributed by atoms with Gasteiger partial charge in [-0.1, -0.05) is 11.6 Å². The molecule has 0 aliphatic carbocycles. The van der Waals surface area contributed by atoms with E-state index in [-0.39, 0.29) is 11.5 Å². The number of ether oxygens (including phenoxy) is 1. The van der Waals surface area contributed by atoms with Crippen LogP contribution in [0, 0.1) is 0 Å². The van der Waals surface area contributed by atoms with Crippen LogP contribution in [-0.2, 0) is 14.3 Å². The standard InChI is InChI=1S/C15H17ClN2O5/c1-23-15(22)11(8-19)17-14(21)9-4-5-10(16)12(7-9)18-6-2-3-13(18)20/h4-5,7,11,19H,2-3,6,8H2,1H3,(H,17,21)/t11-/m0/s1. The Bertz CT molecular complexity index is 634. The number of benzene rings is 1. The maximum atomic E-state index is 12.2. The van der Waals surface area contributed by atoms with Gasteiger partial charge in [-0.25, -0.2) is 4.79 Å². The van der Waals surface area contributed by atoms with E-state index in [1.54, 1.807) is 0 Å². The molecule has 1 saturated heterocycles. The quantitative estimate of drug-likeness (QED) is 0.770. The van der Waals surface area contributed by atoms with E-state index in [9.17, 15) is 14.4 Å². The van der Waals surface area contributed by atoms with E-state index in [2.05, 4.69) is 10.1 Å². The summed E-state index contributed by atoms with van der Waals surface area (Å²) in [6, 6.07) is 3.34. The molecule has 2 N–H and O–H groups in total. The molecule has 2 rings (SSSR count). The molecule has 1 fully saturated rings. The van der Waals surface area contributed by atoms with Gasteiger partial charge in [-0.3, -0.25) is 9.59 Å². The van der Waals surface area contributed by atoms with E-state index < -0.39 is 24.5 Å². The minimum atomic E-state index is -1.15. The highest BCUT2D eigenvalue weighted by Gasteiger charge is 2.26. The summed E-state index contributed by atoms with van der Waals surface area (Å²) in [6.45, 7) is -0.0332. The lowest BCUT2D eigenvalue weighted by Crippen LogP contribution is -2.44. The molecule has 0 bridgehead atoms. The SMILES string of the molecule is COC(=O)[C@H](CO)NC(=O)c1ccc(Cl)c(N2CCCC2=O)c1. The number of aliphatic hydroxyl groups excluding tert-OH is 1. The van der Waals surface area contributed by atoms with Crippen LogP contribution < -0.4 is 10.2 Å². The van der Waals surface area contributed by atoms with E-state index in [1.165, 1.54) is 23.1 Å². The predicted molar refractivity (Wildman–Crippen MR) is 83.4 cm³/mol. The topological polar surface area (TPSA) is 95.9 Å². The van der Waals surface area contributed by atoms with Gasteiger partial charge in [0.15, 0.2) is 6.04 Å². The number of esters is 1. The highest BCUT2D eigenvalue weighted by atomic mass is 35.5. The molecule has 0 radical (unpaired) electrons. The Kier molecular flexibility index (Phi) is 5.57. The number of methoxy groups -OCH3 is 1. The Morgan fingerprint density at radius 3 is 2.78 bits per heavy atom. The Morgan fingerprint density at radius 2 is 2.22 bits per heavy atom. The van der Waals surface area contributed by atoms with Crippen molar-refractivity contribution in [3.05, 3.63) is 28.8 Å². The van der Waals surface area contributed by atoms with E-state index in [1.807, 2.05) is 0 Å². The van der Waals surface area contributed by atoms with E-state index >= 15 is 0 Å². The molecule has 1 heterocycles. The Hall–Kier alpha value is -2.12. The second kappa shape index (κ2) is 7.43. The summed E-state index contributed by atoms with van der Waals surface area (Å²) in [7, 11) is 1.16. The van der Waals surface area contributed by atoms with Gasteiger partial charge in [0, 0.05) is 18.5 Å². The first-order valence-corrected chi connectivity index (χ1v) is 7.45. The smallest absolute Gasteiger partial charge is 0.330 e. The molecule has 1 atom stereocenters. The zero-order chi connectivity index (χ0) is 17.0. The molecule has 7 nitrogen and oxygen atoms in total. The van der Waals surface area contributed by atoms with Crippen molar-refractivity contribution < 1.29 is 24.2 Å². The van der Waals surface area contributed by atoms with Crippen LogP contribution in [-0.4, -0.2) is 49.2 Å². The van der Waals surface area contributed by atoms with Gasteiger partial charge in [0.25, 0.3) is 5.91 Å². The molecule has 0 spiro atoms. The summed E-state index contributed by atoms with van der Waals surface area (Å²) in [5.74, 6) is -1.36. The third-order valence-corrected chi connectivity index (χ3v) is 3.87. The van der Waals surface area contributed by atoms with E-state index in [4.69, 9.17) is 16.7 Å². The highest BCUT2D eigenvalue weighted by molar-refractivity contribution is 6.34. The molecule has 0 aromatic heterocycles. The molecule has 1 aliphatic rings. The molecule has 1 aliphatic heterocycles. The number of hydrogen-bond donors (Lipinski definition) is 2. The lowest BCUT2D eigenvalue weighted by molar-refractivity contribution is -0.143. The third-order valence-electron chi connectivity index (χ3n) is 3.55. The summed E-state index contributed by atoms with van der Waals surface area (Å²) in [4.78, 5) is 37.0. The van der Waals surface area contributed by atoms with Gasteiger partial charge >= 0.3 is 5.97 Å². The molecule has 2 amide bonds. The normalized spacial score (nSPS) is 15.4. The van der Waals surface area contributed by atoms with Crippen LogP contribution in [0.3, 0.4) is 0 Å². The monoisotopic (exact) mass is 340 g/mol. The van der Waals surface area contributed by atoms with Gasteiger partial charge in [-0.2, -0.15) is 0 Å². The first-order valence-electron chi connectivity index (χ1n) is 7.07. The molecule has 1 aromatic carbocycles. The Labute approximate surface area is 138 Å². The Balaban J connectivity index is 2.21. The van der Waals surface area contributed by atoms with Gasteiger partial charge in [0.05, 0.1) is 24.4 Å². The molecule has 23 heavy (non-hydrogen) atoms. The van der Waals surface area contributed by atoms with Crippen LogP contribution in [0.15, 0.2) is 18.2 Å². The first kappa shape index (κ1) is 17.2. The summed E-state index contributed by atoms with van der Waals surface area (Å²) in [5.41, 5.74) is 0.687. The second-order valence-corrected chi connectivity index (χ2v) is 5.45. The summed E-state index contributed by atoms with van der Waals surface area (Å²) < 4.78 is 4.49. The molecule has 0 saturated carbocycles. The van der Waals surface area contributed by atoms with Crippen LogP contribution >= 0.6 is 11.6 Å². The van der Waals surface area contributed by atoms with Crippen LogP contribution in [0.5, 0.6) is 0 Å². The number of amides is 2. The van der Waals surface area contributed by atoms with Gasteiger partial charge < -0.3 is 20.1 Å². The number of hydrogen-bond acceptors (Lipinski definition) is 5. The van der Waals surface area contributed by atoms with Crippen molar-refractivity contribution in [2.75, 3.05) is 25.2 Å². The van der Waals surface area contributed by atoms with Gasteiger partial charge in [0.2, 0.25) is 5.91 Å². The number of anilines is 1. The molecular weight excluding hydrogens is 324 g/mol. The van der Waals surface area contributed by atoms with E-state index in [0.717, 1.165) is 13.5 Å². The number of nitrogens with zero attached hydrogens (tertiary/aromatic N) is 1. The maximum Gasteiger partial charge on any atom is 0.330 e. The van der Waals surface area contributed by atoms with Crippen molar-refractivity contribution in [3.8, 4) is 0 Å². The summed E-state index contributed by atoms with van der Waals surface area (Å²) in [6.07, 6.45) is 1.18. The average molecular weight is 341 g/mol. The van der Waals surface area contributed by atoms with Crippen LogP contribution in [0.1, 0.15) is 23.2 Å². The summed E-state index contributed by atoms with van der Waals surface area (Å²) in [5, 5.41) is 11.9. The van der Waals surface area contributed by atoms with Gasteiger partial charge in [-0.15, -0.1) is 0 Å². The minimum absolute atomic E-state index is 0.0488. The fraction of sp³-hybridized carbons (Fsp3) is 0.400. The number of halogens is 1. The second-order valence-electron chi connectivity index (χ2n) is 5.05. The maximum absolute atomic E-state index is 12.2. The minimum Gasteiger partial charge on any atom is -0.467 e. The van der Waals surface area contributed by atoms with Crippen LogP contribution in [0.4, 0.5) is 5.69 Å².